The van der Waals surface area contributed by atoms with Crippen LogP contribution < -0.4 is 0 Å². The highest BCUT2D eigenvalue weighted by molar-refractivity contribution is 9.09. The van der Waals surface area contributed by atoms with Crippen LogP contribution in [0.25, 0.3) is 0 Å². The first kappa shape index (κ1) is 11.0. The van der Waals surface area contributed by atoms with Crippen LogP contribution >= 0.6 is 15.9 Å². The molecule has 3 unspecified atom stereocenters. The van der Waals surface area contributed by atoms with Gasteiger partial charge in [0, 0.05) is 5.33 Å². The maximum atomic E-state index is 3.82. The van der Waals surface area contributed by atoms with Gasteiger partial charge in [-0.05, 0) is 42.4 Å². The molecule has 0 radical (unpaired) electrons. The van der Waals surface area contributed by atoms with Gasteiger partial charge in [-0.15, -0.1) is 0 Å². The van der Waals surface area contributed by atoms with Gasteiger partial charge in [-0.2, -0.15) is 0 Å². The Morgan fingerprint density at radius 2 is 2.00 bits per heavy atom. The van der Waals surface area contributed by atoms with Gasteiger partial charge in [0.1, 0.15) is 0 Å². The van der Waals surface area contributed by atoms with Crippen LogP contribution in [0.1, 0.15) is 52.4 Å². The zero-order valence-corrected chi connectivity index (χ0v) is 11.1. The lowest BCUT2D eigenvalue weighted by atomic mass is 9.64. The standard InChI is InChI=1S/C13H23Br/c1-3-11(4-2)13(9-14)8-10-5-6-12(13)7-10/h10-12H,3-9H2,1-2H3. The van der Waals surface area contributed by atoms with Crippen molar-refractivity contribution in [2.75, 3.05) is 5.33 Å². The summed E-state index contributed by atoms with van der Waals surface area (Å²) in [5.74, 6) is 3.10. The maximum Gasteiger partial charge on any atom is 0.00933 e. The second-order valence-electron chi connectivity index (χ2n) is 5.46. The van der Waals surface area contributed by atoms with E-state index in [2.05, 4.69) is 29.8 Å². The van der Waals surface area contributed by atoms with Gasteiger partial charge in [-0.3, -0.25) is 0 Å². The molecule has 0 aromatic heterocycles. The Balaban J connectivity index is 2.17. The third-order valence-corrected chi connectivity index (χ3v) is 6.11. The molecule has 0 nitrogen and oxygen atoms in total. The number of hydrogen-bond acceptors (Lipinski definition) is 0. The van der Waals surface area contributed by atoms with Gasteiger partial charge in [0.2, 0.25) is 0 Å². The van der Waals surface area contributed by atoms with Crippen LogP contribution in [0.5, 0.6) is 0 Å². The molecule has 1 heteroatoms. The van der Waals surface area contributed by atoms with Crippen molar-refractivity contribution in [3.63, 3.8) is 0 Å². The minimum Gasteiger partial charge on any atom is -0.0922 e. The van der Waals surface area contributed by atoms with E-state index in [0.717, 1.165) is 17.8 Å². The zero-order chi connectivity index (χ0) is 10.2. The van der Waals surface area contributed by atoms with E-state index in [0.29, 0.717) is 5.41 Å². The predicted molar refractivity (Wildman–Crippen MR) is 65.7 cm³/mol. The van der Waals surface area contributed by atoms with Crippen LogP contribution in [-0.2, 0) is 0 Å². The molecule has 82 valence electrons. The summed E-state index contributed by atoms with van der Waals surface area (Å²) >= 11 is 3.82. The lowest BCUT2D eigenvalue weighted by molar-refractivity contribution is 0.0970. The van der Waals surface area contributed by atoms with Crippen molar-refractivity contribution in [2.24, 2.45) is 23.2 Å². The molecule has 2 aliphatic carbocycles. The molecule has 0 N–H and O–H groups in total. The summed E-state index contributed by atoms with van der Waals surface area (Å²) in [5.41, 5.74) is 0.687. The summed E-state index contributed by atoms with van der Waals surface area (Å²) in [7, 11) is 0. The molecule has 0 aliphatic heterocycles. The van der Waals surface area contributed by atoms with Gasteiger partial charge in [-0.25, -0.2) is 0 Å². The quantitative estimate of drug-likeness (QED) is 0.646. The fourth-order valence-corrected chi connectivity index (χ4v) is 5.51. The molecule has 0 heterocycles. The summed E-state index contributed by atoms with van der Waals surface area (Å²) in [6, 6.07) is 0. The molecule has 2 aliphatic rings. The Labute approximate surface area is 97.0 Å². The van der Waals surface area contributed by atoms with Crippen LogP contribution in [-0.4, -0.2) is 5.33 Å². The smallest absolute Gasteiger partial charge is 0.00933 e. The van der Waals surface area contributed by atoms with Crippen molar-refractivity contribution in [2.45, 2.75) is 52.4 Å². The minimum absolute atomic E-state index is 0.687. The van der Waals surface area contributed by atoms with E-state index < -0.39 is 0 Å². The van der Waals surface area contributed by atoms with Crippen molar-refractivity contribution < 1.29 is 0 Å². The van der Waals surface area contributed by atoms with E-state index in [1.807, 2.05) is 0 Å². The third kappa shape index (κ3) is 1.47. The second kappa shape index (κ2) is 4.15. The first-order valence-electron chi connectivity index (χ1n) is 6.32. The SMILES string of the molecule is CCC(CC)C1(CBr)CC2CCC1C2. The number of hydrogen-bond donors (Lipinski definition) is 0. The van der Waals surface area contributed by atoms with E-state index in [1.165, 1.54) is 37.4 Å². The van der Waals surface area contributed by atoms with Crippen molar-refractivity contribution in [3.05, 3.63) is 0 Å². The van der Waals surface area contributed by atoms with Gasteiger partial charge in [0.15, 0.2) is 0 Å². The fraction of sp³-hybridized carbons (Fsp3) is 1.00. The van der Waals surface area contributed by atoms with E-state index in [-0.39, 0.29) is 0 Å². The number of rotatable bonds is 4. The van der Waals surface area contributed by atoms with Crippen molar-refractivity contribution in [3.8, 4) is 0 Å². The molecular formula is C13H23Br. The Morgan fingerprint density at radius 1 is 1.29 bits per heavy atom. The van der Waals surface area contributed by atoms with Gasteiger partial charge >= 0.3 is 0 Å². The summed E-state index contributed by atoms with van der Waals surface area (Å²) in [6.45, 7) is 4.76. The molecule has 0 aromatic carbocycles. The molecule has 0 aromatic rings. The molecule has 0 saturated heterocycles. The number of halogens is 1. The van der Waals surface area contributed by atoms with Gasteiger partial charge in [-0.1, -0.05) is 49.0 Å². The van der Waals surface area contributed by atoms with Gasteiger partial charge < -0.3 is 0 Å². The number of alkyl halides is 1. The van der Waals surface area contributed by atoms with E-state index in [1.54, 1.807) is 6.42 Å². The van der Waals surface area contributed by atoms with Gasteiger partial charge in [0.25, 0.3) is 0 Å². The Morgan fingerprint density at radius 3 is 2.36 bits per heavy atom. The predicted octanol–water partition coefficient (Wildman–Crippen LogP) is 4.62. The van der Waals surface area contributed by atoms with E-state index >= 15 is 0 Å². The molecule has 2 fully saturated rings. The van der Waals surface area contributed by atoms with Crippen LogP contribution in [0, 0.1) is 23.2 Å². The van der Waals surface area contributed by atoms with Crippen LogP contribution in [0.2, 0.25) is 0 Å². The first-order valence-corrected chi connectivity index (χ1v) is 7.45. The topological polar surface area (TPSA) is 0 Å². The minimum atomic E-state index is 0.687. The summed E-state index contributed by atoms with van der Waals surface area (Å²) in [5, 5.41) is 1.26. The largest absolute Gasteiger partial charge is 0.0922 e. The van der Waals surface area contributed by atoms with Crippen molar-refractivity contribution >= 4 is 15.9 Å². The molecule has 2 bridgehead atoms. The molecule has 3 atom stereocenters. The first-order chi connectivity index (χ1) is 6.76. The van der Waals surface area contributed by atoms with Crippen molar-refractivity contribution in [1.82, 2.24) is 0 Å². The lowest BCUT2D eigenvalue weighted by Gasteiger charge is -2.42. The molecule has 0 spiro atoms. The molecule has 0 amide bonds. The Kier molecular flexibility index (Phi) is 3.26. The fourth-order valence-electron chi connectivity index (χ4n) is 4.36. The maximum absolute atomic E-state index is 3.82. The average Bonchev–Trinajstić information content (AvgIpc) is 2.79. The highest BCUT2D eigenvalue weighted by atomic mass is 79.9. The summed E-state index contributed by atoms with van der Waals surface area (Å²) < 4.78 is 0. The average molecular weight is 259 g/mol. The third-order valence-electron chi connectivity index (χ3n) is 5.07. The highest BCUT2D eigenvalue weighted by Crippen LogP contribution is 2.61. The Hall–Kier alpha value is 0.480. The van der Waals surface area contributed by atoms with E-state index in [9.17, 15) is 0 Å². The zero-order valence-electron chi connectivity index (χ0n) is 9.56. The monoisotopic (exact) mass is 258 g/mol. The van der Waals surface area contributed by atoms with E-state index in [4.69, 9.17) is 0 Å². The molecular weight excluding hydrogens is 236 g/mol. The Bertz CT molecular complexity index is 197. The normalized spacial score (nSPS) is 41.1. The molecule has 14 heavy (non-hydrogen) atoms. The van der Waals surface area contributed by atoms with Crippen LogP contribution in [0.15, 0.2) is 0 Å². The van der Waals surface area contributed by atoms with Crippen molar-refractivity contribution in [1.29, 1.82) is 0 Å². The molecule has 2 rings (SSSR count). The lowest BCUT2D eigenvalue weighted by Crippen LogP contribution is -2.37. The highest BCUT2D eigenvalue weighted by Gasteiger charge is 2.52. The van der Waals surface area contributed by atoms with Gasteiger partial charge in [0.05, 0.1) is 0 Å². The second-order valence-corrected chi connectivity index (χ2v) is 6.02. The number of fused-ring (bicyclic) bond motifs is 2. The molecule has 2 saturated carbocycles. The summed E-state index contributed by atoms with van der Waals surface area (Å²) in [4.78, 5) is 0. The van der Waals surface area contributed by atoms with Crippen LogP contribution in [0.4, 0.5) is 0 Å². The summed E-state index contributed by atoms with van der Waals surface area (Å²) in [6.07, 6.45) is 8.88. The van der Waals surface area contributed by atoms with Crippen LogP contribution in [0.3, 0.4) is 0 Å².